The van der Waals surface area contributed by atoms with E-state index in [2.05, 4.69) is 39.3 Å². The first-order valence-electron chi connectivity index (χ1n) is 8.40. The molecule has 23 heavy (non-hydrogen) atoms. The van der Waals surface area contributed by atoms with Gasteiger partial charge in [0.05, 0.1) is 6.20 Å². The van der Waals surface area contributed by atoms with Gasteiger partial charge in [0.15, 0.2) is 0 Å². The van der Waals surface area contributed by atoms with Crippen LogP contribution in [0, 0.1) is 5.82 Å². The second-order valence-electron chi connectivity index (χ2n) is 8.74. The third-order valence-electron chi connectivity index (χ3n) is 3.83. The lowest BCUT2D eigenvalue weighted by Crippen LogP contribution is -2.41. The van der Waals surface area contributed by atoms with Crippen molar-refractivity contribution in [1.82, 2.24) is 9.13 Å². The van der Waals surface area contributed by atoms with Crippen molar-refractivity contribution in [2.24, 2.45) is 0 Å². The van der Waals surface area contributed by atoms with E-state index < -0.39 is 27.5 Å². The minimum atomic E-state index is -1.23. The number of aromatic nitrogens is 2. The number of rotatable bonds is 8. The molecular weight excluding hydrogens is 327 g/mol. The average Bonchev–Trinajstić information content (AvgIpc) is 2.37. The van der Waals surface area contributed by atoms with Crippen LogP contribution in [0.1, 0.15) is 12.8 Å². The van der Waals surface area contributed by atoms with Crippen molar-refractivity contribution in [3.8, 4) is 0 Å². The lowest BCUT2D eigenvalue weighted by atomic mass is 10.4. The molecule has 1 aromatic rings. The summed E-state index contributed by atoms with van der Waals surface area (Å²) >= 11 is 0. The summed E-state index contributed by atoms with van der Waals surface area (Å²) in [5, 5.41) is 0. The fourth-order valence-electron chi connectivity index (χ4n) is 2.52. The van der Waals surface area contributed by atoms with Gasteiger partial charge in [-0.3, -0.25) is 13.9 Å². The van der Waals surface area contributed by atoms with Gasteiger partial charge in [-0.2, -0.15) is 4.39 Å². The zero-order valence-electron chi connectivity index (χ0n) is 15.4. The quantitative estimate of drug-likeness (QED) is 0.666. The fraction of sp³-hybridized carbons (Fsp3) is 0.750. The Morgan fingerprint density at radius 1 is 0.913 bits per heavy atom. The van der Waals surface area contributed by atoms with E-state index in [4.69, 9.17) is 0 Å². The van der Waals surface area contributed by atoms with Crippen LogP contribution in [0.5, 0.6) is 0 Å². The number of nitrogens with zero attached hydrogens (tertiary/aromatic N) is 2. The SMILES string of the molecule is C[Si](C)(C)CCCn1cc(F)c(=O)n(CCC[Si](C)(C)C)c1=O. The van der Waals surface area contributed by atoms with Crippen molar-refractivity contribution < 1.29 is 4.39 Å². The van der Waals surface area contributed by atoms with Crippen LogP contribution in [0.2, 0.25) is 51.4 Å². The predicted molar refractivity (Wildman–Crippen MR) is 100 cm³/mol. The molecule has 0 saturated carbocycles. The zero-order chi connectivity index (χ0) is 17.8. The van der Waals surface area contributed by atoms with Gasteiger partial charge < -0.3 is 0 Å². The maximum atomic E-state index is 13.9. The van der Waals surface area contributed by atoms with Crippen LogP contribution in [-0.2, 0) is 13.1 Å². The molecule has 1 heterocycles. The third kappa shape index (κ3) is 6.99. The molecule has 0 unspecified atom stereocenters. The zero-order valence-corrected chi connectivity index (χ0v) is 17.4. The fourth-order valence-corrected chi connectivity index (χ4v) is 4.96. The van der Waals surface area contributed by atoms with E-state index in [0.717, 1.165) is 35.7 Å². The molecule has 132 valence electrons. The lowest BCUT2D eigenvalue weighted by molar-refractivity contribution is 0.481. The molecule has 4 nitrogen and oxygen atoms in total. The van der Waals surface area contributed by atoms with Crippen LogP contribution in [0.4, 0.5) is 4.39 Å². The highest BCUT2D eigenvalue weighted by Crippen LogP contribution is 2.12. The van der Waals surface area contributed by atoms with Crippen molar-refractivity contribution in [2.75, 3.05) is 0 Å². The molecule has 0 aromatic carbocycles. The van der Waals surface area contributed by atoms with Crippen molar-refractivity contribution in [1.29, 1.82) is 0 Å². The number of hydrogen-bond acceptors (Lipinski definition) is 2. The predicted octanol–water partition coefficient (Wildman–Crippen LogP) is 3.61. The molecular formula is C16H31FN2O2Si2. The highest BCUT2D eigenvalue weighted by atomic mass is 28.3. The molecule has 0 bridgehead atoms. The molecule has 0 amide bonds. The monoisotopic (exact) mass is 358 g/mol. The Morgan fingerprint density at radius 2 is 1.39 bits per heavy atom. The molecule has 0 aliphatic heterocycles. The van der Waals surface area contributed by atoms with E-state index >= 15 is 0 Å². The van der Waals surface area contributed by atoms with E-state index in [1.165, 1.54) is 4.57 Å². The highest BCUT2D eigenvalue weighted by Gasteiger charge is 2.16. The van der Waals surface area contributed by atoms with Gasteiger partial charge in [0.25, 0.3) is 5.56 Å². The Bertz CT molecular complexity index is 639. The van der Waals surface area contributed by atoms with Gasteiger partial charge in [-0.25, -0.2) is 4.79 Å². The Morgan fingerprint density at radius 3 is 1.87 bits per heavy atom. The molecule has 0 N–H and O–H groups in total. The summed E-state index contributed by atoms with van der Waals surface area (Å²) in [7, 11) is -2.41. The first-order chi connectivity index (χ1) is 10.4. The van der Waals surface area contributed by atoms with Gasteiger partial charge in [0.2, 0.25) is 5.82 Å². The van der Waals surface area contributed by atoms with Crippen molar-refractivity contribution in [2.45, 2.75) is 77.3 Å². The smallest absolute Gasteiger partial charge is 0.297 e. The normalized spacial score (nSPS) is 12.7. The van der Waals surface area contributed by atoms with Gasteiger partial charge >= 0.3 is 5.69 Å². The van der Waals surface area contributed by atoms with Gasteiger partial charge in [0, 0.05) is 29.2 Å². The van der Waals surface area contributed by atoms with Crippen LogP contribution in [0.3, 0.4) is 0 Å². The summed E-state index contributed by atoms with van der Waals surface area (Å²) in [6.07, 6.45) is 2.68. The molecule has 0 atom stereocenters. The summed E-state index contributed by atoms with van der Waals surface area (Å²) < 4.78 is 16.3. The number of aryl methyl sites for hydroxylation is 1. The second-order valence-corrected chi connectivity index (χ2v) is 20.0. The van der Waals surface area contributed by atoms with Crippen molar-refractivity contribution >= 4 is 16.1 Å². The van der Waals surface area contributed by atoms with E-state index in [1.54, 1.807) is 0 Å². The minimum absolute atomic E-state index is 0.313. The van der Waals surface area contributed by atoms with E-state index in [9.17, 15) is 14.0 Å². The average molecular weight is 359 g/mol. The minimum Gasteiger partial charge on any atom is -0.297 e. The number of halogens is 1. The highest BCUT2D eigenvalue weighted by molar-refractivity contribution is 6.76. The maximum absolute atomic E-state index is 13.9. The molecule has 7 heteroatoms. The number of hydrogen-bond donors (Lipinski definition) is 0. The molecule has 0 fully saturated rings. The van der Waals surface area contributed by atoms with Gasteiger partial charge in [0.1, 0.15) is 0 Å². The Labute approximate surface area is 140 Å². The van der Waals surface area contributed by atoms with Crippen molar-refractivity contribution in [3.05, 3.63) is 32.9 Å². The van der Waals surface area contributed by atoms with Crippen molar-refractivity contribution in [3.63, 3.8) is 0 Å². The Hall–Kier alpha value is -0.956. The Balaban J connectivity index is 2.90. The van der Waals surface area contributed by atoms with E-state index in [-0.39, 0.29) is 5.69 Å². The van der Waals surface area contributed by atoms with Crippen LogP contribution < -0.4 is 11.2 Å². The topological polar surface area (TPSA) is 44.0 Å². The van der Waals surface area contributed by atoms with Gasteiger partial charge in [-0.15, -0.1) is 0 Å². The van der Waals surface area contributed by atoms with Crippen LogP contribution >= 0.6 is 0 Å². The third-order valence-corrected chi connectivity index (χ3v) is 7.54. The van der Waals surface area contributed by atoms with Gasteiger partial charge in [-0.1, -0.05) is 51.4 Å². The first kappa shape index (κ1) is 20.1. The standard InChI is InChI=1S/C16H31FN2O2Si2/c1-22(2,3)11-7-9-18-13-14(17)15(20)19(16(18)21)10-8-12-23(4,5)6/h13H,7-12H2,1-6H3. The first-order valence-corrected chi connectivity index (χ1v) is 15.8. The maximum Gasteiger partial charge on any atom is 0.331 e. The summed E-state index contributed by atoms with van der Waals surface area (Å²) in [5.74, 6) is -0.828. The molecule has 1 aromatic heterocycles. The summed E-state index contributed by atoms with van der Waals surface area (Å²) in [5.41, 5.74) is -1.16. The van der Waals surface area contributed by atoms with E-state index in [0.29, 0.717) is 13.1 Å². The summed E-state index contributed by atoms with van der Waals surface area (Å²) in [6.45, 7) is 14.3. The molecule has 0 aliphatic rings. The molecule has 1 rings (SSSR count). The molecule has 0 radical (unpaired) electrons. The van der Waals surface area contributed by atoms with Gasteiger partial charge in [-0.05, 0) is 12.8 Å². The molecule has 0 spiro atoms. The second kappa shape index (κ2) is 7.74. The lowest BCUT2D eigenvalue weighted by Gasteiger charge is -2.17. The Kier molecular flexibility index (Phi) is 6.76. The molecule has 0 saturated heterocycles. The summed E-state index contributed by atoms with van der Waals surface area (Å²) in [4.78, 5) is 24.4. The van der Waals surface area contributed by atoms with Crippen LogP contribution in [0.25, 0.3) is 0 Å². The largest absolute Gasteiger partial charge is 0.331 e. The molecule has 0 aliphatic carbocycles. The van der Waals surface area contributed by atoms with E-state index in [1.807, 2.05) is 0 Å². The van der Waals surface area contributed by atoms with Crippen LogP contribution in [0.15, 0.2) is 15.8 Å². The van der Waals surface area contributed by atoms with Crippen LogP contribution in [-0.4, -0.2) is 25.3 Å². The summed E-state index contributed by atoms with van der Waals surface area (Å²) in [6, 6.07) is 2.10.